The standard InChI is InChI=1S/C18H38N2/c1-5-14-19-16(3)9-7-8-15-20(4)18-12-10-17(6-2)11-13-18/h16-19H,5-15H2,1-4H3. The molecule has 2 nitrogen and oxygen atoms in total. The van der Waals surface area contributed by atoms with Gasteiger partial charge in [-0.25, -0.2) is 0 Å². The third-order valence-corrected chi connectivity index (χ3v) is 5.16. The van der Waals surface area contributed by atoms with Crippen molar-refractivity contribution in [1.29, 1.82) is 0 Å². The maximum absolute atomic E-state index is 3.58. The Balaban J connectivity index is 2.04. The number of nitrogens with one attached hydrogen (secondary N) is 1. The molecule has 1 N–H and O–H groups in total. The van der Waals surface area contributed by atoms with Gasteiger partial charge in [0, 0.05) is 12.1 Å². The van der Waals surface area contributed by atoms with E-state index in [1.165, 1.54) is 70.9 Å². The van der Waals surface area contributed by atoms with Crippen LogP contribution in [0.4, 0.5) is 0 Å². The van der Waals surface area contributed by atoms with E-state index >= 15 is 0 Å². The van der Waals surface area contributed by atoms with Gasteiger partial charge < -0.3 is 10.2 Å². The molecule has 1 fully saturated rings. The first kappa shape index (κ1) is 18.0. The maximum Gasteiger partial charge on any atom is 0.00924 e. The van der Waals surface area contributed by atoms with Crippen LogP contribution < -0.4 is 5.32 Å². The van der Waals surface area contributed by atoms with Crippen molar-refractivity contribution in [2.24, 2.45) is 5.92 Å². The predicted octanol–water partition coefficient (Wildman–Crippen LogP) is 4.45. The Kier molecular flexibility index (Phi) is 9.54. The molecule has 0 aromatic heterocycles. The molecule has 20 heavy (non-hydrogen) atoms. The molecule has 120 valence electrons. The summed E-state index contributed by atoms with van der Waals surface area (Å²) in [5.74, 6) is 1.02. The van der Waals surface area contributed by atoms with E-state index in [4.69, 9.17) is 0 Å². The molecule has 0 amide bonds. The van der Waals surface area contributed by atoms with Crippen LogP contribution in [0, 0.1) is 5.92 Å². The lowest BCUT2D eigenvalue weighted by atomic mass is 9.84. The molecule has 0 aromatic rings. The molecule has 1 rings (SSSR count). The van der Waals surface area contributed by atoms with Crippen LogP contribution in [0.25, 0.3) is 0 Å². The molecule has 0 aromatic carbocycles. The fourth-order valence-electron chi connectivity index (χ4n) is 3.48. The number of rotatable bonds is 10. The lowest BCUT2D eigenvalue weighted by molar-refractivity contribution is 0.161. The summed E-state index contributed by atoms with van der Waals surface area (Å²) >= 11 is 0. The summed E-state index contributed by atoms with van der Waals surface area (Å²) in [6, 6.07) is 1.56. The molecule has 0 spiro atoms. The van der Waals surface area contributed by atoms with Crippen molar-refractivity contribution >= 4 is 0 Å². The van der Waals surface area contributed by atoms with E-state index in [2.05, 4.69) is 38.0 Å². The van der Waals surface area contributed by atoms with Crippen LogP contribution in [-0.4, -0.2) is 37.1 Å². The van der Waals surface area contributed by atoms with E-state index in [9.17, 15) is 0 Å². The van der Waals surface area contributed by atoms with Gasteiger partial charge in [-0.05, 0) is 77.9 Å². The molecule has 0 heterocycles. The van der Waals surface area contributed by atoms with E-state index in [0.717, 1.165) is 12.0 Å². The van der Waals surface area contributed by atoms with E-state index < -0.39 is 0 Å². The number of nitrogens with zero attached hydrogens (tertiary/aromatic N) is 1. The second kappa shape index (κ2) is 10.6. The lowest BCUT2D eigenvalue weighted by Crippen LogP contribution is -2.35. The van der Waals surface area contributed by atoms with E-state index in [1.54, 1.807) is 0 Å². The Hall–Kier alpha value is -0.0800. The fraction of sp³-hybridized carbons (Fsp3) is 1.00. The first-order valence-corrected chi connectivity index (χ1v) is 9.10. The normalized spacial score (nSPS) is 25.1. The Morgan fingerprint density at radius 1 is 1.10 bits per heavy atom. The SMILES string of the molecule is CCCNC(C)CCCCN(C)C1CCC(CC)CC1. The van der Waals surface area contributed by atoms with Gasteiger partial charge in [-0.1, -0.05) is 26.7 Å². The second-order valence-corrected chi connectivity index (χ2v) is 6.91. The summed E-state index contributed by atoms with van der Waals surface area (Å²) in [5, 5.41) is 3.58. The van der Waals surface area contributed by atoms with Crippen molar-refractivity contribution in [2.75, 3.05) is 20.1 Å². The molecule has 1 atom stereocenters. The quantitative estimate of drug-likeness (QED) is 0.596. The van der Waals surface area contributed by atoms with Crippen LogP contribution in [0.3, 0.4) is 0 Å². The van der Waals surface area contributed by atoms with Gasteiger partial charge in [0.2, 0.25) is 0 Å². The van der Waals surface area contributed by atoms with Crippen LogP contribution in [0.2, 0.25) is 0 Å². The topological polar surface area (TPSA) is 15.3 Å². The fourth-order valence-corrected chi connectivity index (χ4v) is 3.48. The lowest BCUT2D eigenvalue weighted by Gasteiger charge is -2.34. The average Bonchev–Trinajstić information content (AvgIpc) is 2.49. The highest BCUT2D eigenvalue weighted by Gasteiger charge is 2.22. The zero-order valence-corrected chi connectivity index (χ0v) is 14.5. The van der Waals surface area contributed by atoms with Gasteiger partial charge in [0.25, 0.3) is 0 Å². The molecule has 0 aliphatic heterocycles. The smallest absolute Gasteiger partial charge is 0.00924 e. The minimum absolute atomic E-state index is 0.695. The molecular formula is C18H38N2. The zero-order chi connectivity index (χ0) is 14.8. The van der Waals surface area contributed by atoms with Crippen molar-refractivity contribution in [3.8, 4) is 0 Å². The Morgan fingerprint density at radius 3 is 2.40 bits per heavy atom. The van der Waals surface area contributed by atoms with Crippen LogP contribution >= 0.6 is 0 Å². The van der Waals surface area contributed by atoms with Crippen molar-refractivity contribution in [3.63, 3.8) is 0 Å². The van der Waals surface area contributed by atoms with Crippen molar-refractivity contribution in [2.45, 2.75) is 90.6 Å². The molecule has 0 bridgehead atoms. The summed E-state index contributed by atoms with van der Waals surface area (Å²) in [6.07, 6.45) is 12.5. The number of unbranched alkanes of at least 4 members (excludes halogenated alkanes) is 1. The van der Waals surface area contributed by atoms with Gasteiger partial charge in [-0.2, -0.15) is 0 Å². The van der Waals surface area contributed by atoms with Gasteiger partial charge in [-0.3, -0.25) is 0 Å². The van der Waals surface area contributed by atoms with E-state index in [-0.39, 0.29) is 0 Å². The van der Waals surface area contributed by atoms with Crippen molar-refractivity contribution < 1.29 is 0 Å². The van der Waals surface area contributed by atoms with Gasteiger partial charge in [0.05, 0.1) is 0 Å². The Labute approximate surface area is 127 Å². The summed E-state index contributed by atoms with van der Waals surface area (Å²) in [6.45, 7) is 9.37. The summed E-state index contributed by atoms with van der Waals surface area (Å²) in [7, 11) is 2.34. The largest absolute Gasteiger partial charge is 0.314 e. The highest BCUT2D eigenvalue weighted by molar-refractivity contribution is 4.77. The van der Waals surface area contributed by atoms with Crippen LogP contribution in [0.1, 0.15) is 78.6 Å². The van der Waals surface area contributed by atoms with Crippen LogP contribution in [0.5, 0.6) is 0 Å². The third-order valence-electron chi connectivity index (χ3n) is 5.16. The van der Waals surface area contributed by atoms with Crippen LogP contribution in [0.15, 0.2) is 0 Å². The molecule has 1 saturated carbocycles. The minimum atomic E-state index is 0.695. The van der Waals surface area contributed by atoms with Gasteiger partial charge in [0.1, 0.15) is 0 Å². The predicted molar refractivity (Wildman–Crippen MR) is 90.3 cm³/mol. The number of hydrogen-bond donors (Lipinski definition) is 1. The summed E-state index contributed by atoms with van der Waals surface area (Å²) in [4.78, 5) is 2.63. The minimum Gasteiger partial charge on any atom is -0.314 e. The first-order valence-electron chi connectivity index (χ1n) is 9.10. The van der Waals surface area contributed by atoms with Gasteiger partial charge in [-0.15, -0.1) is 0 Å². The molecule has 2 heteroatoms. The monoisotopic (exact) mass is 282 g/mol. The molecule has 1 aliphatic rings. The zero-order valence-electron chi connectivity index (χ0n) is 14.5. The summed E-state index contributed by atoms with van der Waals surface area (Å²) in [5.41, 5.74) is 0. The molecule has 1 unspecified atom stereocenters. The molecular weight excluding hydrogens is 244 g/mol. The van der Waals surface area contributed by atoms with Crippen molar-refractivity contribution in [1.82, 2.24) is 10.2 Å². The first-order chi connectivity index (χ1) is 9.67. The van der Waals surface area contributed by atoms with Gasteiger partial charge >= 0.3 is 0 Å². The summed E-state index contributed by atoms with van der Waals surface area (Å²) < 4.78 is 0. The Morgan fingerprint density at radius 2 is 1.80 bits per heavy atom. The average molecular weight is 283 g/mol. The van der Waals surface area contributed by atoms with E-state index in [1.807, 2.05) is 0 Å². The van der Waals surface area contributed by atoms with Crippen molar-refractivity contribution in [3.05, 3.63) is 0 Å². The number of hydrogen-bond acceptors (Lipinski definition) is 2. The highest BCUT2D eigenvalue weighted by Crippen LogP contribution is 2.28. The maximum atomic E-state index is 3.58. The third kappa shape index (κ3) is 7.08. The van der Waals surface area contributed by atoms with E-state index in [0.29, 0.717) is 6.04 Å². The highest BCUT2D eigenvalue weighted by atomic mass is 15.1. The Bertz CT molecular complexity index is 221. The van der Waals surface area contributed by atoms with Gasteiger partial charge in [0.15, 0.2) is 0 Å². The molecule has 1 aliphatic carbocycles. The molecule has 0 saturated heterocycles. The van der Waals surface area contributed by atoms with Crippen LogP contribution in [-0.2, 0) is 0 Å². The molecule has 0 radical (unpaired) electrons. The second-order valence-electron chi connectivity index (χ2n) is 6.91.